The highest BCUT2D eigenvalue weighted by Crippen LogP contribution is 2.36. The van der Waals surface area contributed by atoms with Crippen LogP contribution in [0, 0.1) is 11.8 Å². The first-order chi connectivity index (χ1) is 13.6. The van der Waals surface area contributed by atoms with Crippen LogP contribution in [-0.2, 0) is 0 Å². The Balaban J connectivity index is 1.53. The lowest BCUT2D eigenvalue weighted by Gasteiger charge is -2.41. The fourth-order valence-electron chi connectivity index (χ4n) is 4.72. The number of aliphatic imine (C=N–C) groups is 1. The molecule has 1 atom stereocenters. The maximum Gasteiger partial charge on any atom is 0.206 e. The van der Waals surface area contributed by atoms with Gasteiger partial charge in [0.15, 0.2) is 0 Å². The van der Waals surface area contributed by atoms with Crippen molar-refractivity contribution in [3.05, 3.63) is 54.8 Å². The van der Waals surface area contributed by atoms with E-state index in [9.17, 15) is 0 Å². The molecule has 0 N–H and O–H groups in total. The van der Waals surface area contributed by atoms with Crippen LogP contribution in [0.15, 0.2) is 54.1 Å². The Morgan fingerprint density at radius 3 is 2.64 bits per heavy atom. The Hall–Kier alpha value is -2.43. The molecule has 0 amide bonds. The number of nitrogens with zero attached hydrogens (tertiary/aromatic N) is 5. The second kappa shape index (κ2) is 8.29. The van der Waals surface area contributed by atoms with E-state index in [0.717, 1.165) is 42.1 Å². The number of hydrogen-bond donors (Lipinski definition) is 0. The van der Waals surface area contributed by atoms with Crippen molar-refractivity contribution in [2.75, 3.05) is 20.1 Å². The Morgan fingerprint density at radius 1 is 1.11 bits per heavy atom. The van der Waals surface area contributed by atoms with Crippen molar-refractivity contribution in [2.45, 2.75) is 44.9 Å². The van der Waals surface area contributed by atoms with E-state index in [-0.39, 0.29) is 0 Å². The topological polar surface area (TPSA) is 44.6 Å². The Morgan fingerprint density at radius 2 is 1.89 bits per heavy atom. The normalized spacial score (nSPS) is 24.0. The number of piperidine rings is 1. The predicted octanol–water partition coefficient (Wildman–Crippen LogP) is 4.48. The van der Waals surface area contributed by atoms with E-state index >= 15 is 0 Å². The molecule has 148 valence electrons. The summed E-state index contributed by atoms with van der Waals surface area (Å²) in [6.45, 7) is 10.8. The zero-order valence-electron chi connectivity index (χ0n) is 17.0. The number of allylic oxidation sites excluding steroid dienone is 1. The van der Waals surface area contributed by atoms with Gasteiger partial charge in [0.05, 0.1) is 11.4 Å². The van der Waals surface area contributed by atoms with E-state index in [1.165, 1.54) is 50.5 Å². The molecule has 0 aromatic carbocycles. The first-order valence-electron chi connectivity index (χ1n) is 10.6. The first kappa shape index (κ1) is 18.9. The van der Waals surface area contributed by atoms with Crippen molar-refractivity contribution < 1.29 is 0 Å². The highest BCUT2D eigenvalue weighted by atomic mass is 15.4. The summed E-state index contributed by atoms with van der Waals surface area (Å²) in [7, 11) is 2.05. The molecule has 1 aliphatic carbocycles. The molecule has 4 rings (SSSR count). The van der Waals surface area contributed by atoms with Crippen molar-refractivity contribution in [3.8, 4) is 0 Å². The third-order valence-electron chi connectivity index (χ3n) is 6.46. The quantitative estimate of drug-likeness (QED) is 0.729. The SMILES string of the molecule is C=C(C1CCCCC1)C1CCCN(C2=NC(c3ccncn3)=CC(=C)N2C)C1. The predicted molar refractivity (Wildman–Crippen MR) is 114 cm³/mol. The molecule has 3 aliphatic rings. The first-order valence-corrected chi connectivity index (χ1v) is 10.6. The van der Waals surface area contributed by atoms with Gasteiger partial charge in [-0.3, -0.25) is 0 Å². The molecule has 0 radical (unpaired) electrons. The third kappa shape index (κ3) is 3.89. The van der Waals surface area contributed by atoms with Crippen LogP contribution in [0.4, 0.5) is 0 Å². The van der Waals surface area contributed by atoms with E-state index in [2.05, 4.69) is 32.9 Å². The maximum absolute atomic E-state index is 4.96. The van der Waals surface area contributed by atoms with Crippen molar-refractivity contribution in [3.63, 3.8) is 0 Å². The molecule has 1 saturated heterocycles. The lowest BCUT2D eigenvalue weighted by Crippen LogP contribution is -2.48. The van der Waals surface area contributed by atoms with Crippen LogP contribution in [0.1, 0.15) is 50.6 Å². The minimum atomic E-state index is 0.564. The van der Waals surface area contributed by atoms with E-state index in [4.69, 9.17) is 4.99 Å². The highest BCUT2D eigenvalue weighted by Gasteiger charge is 2.31. The lowest BCUT2D eigenvalue weighted by molar-refractivity contribution is 0.244. The molecule has 28 heavy (non-hydrogen) atoms. The van der Waals surface area contributed by atoms with Gasteiger partial charge in [-0.1, -0.05) is 38.0 Å². The summed E-state index contributed by atoms with van der Waals surface area (Å²) in [5.41, 5.74) is 4.11. The molecule has 3 heterocycles. The van der Waals surface area contributed by atoms with Gasteiger partial charge in [0.2, 0.25) is 5.96 Å². The molecule has 5 heteroatoms. The van der Waals surface area contributed by atoms with Crippen molar-refractivity contribution in [1.29, 1.82) is 0 Å². The summed E-state index contributed by atoms with van der Waals surface area (Å²) >= 11 is 0. The van der Waals surface area contributed by atoms with Crippen LogP contribution < -0.4 is 0 Å². The minimum absolute atomic E-state index is 0.564. The van der Waals surface area contributed by atoms with E-state index in [1.54, 1.807) is 12.5 Å². The highest BCUT2D eigenvalue weighted by molar-refractivity contribution is 5.90. The monoisotopic (exact) mass is 377 g/mol. The molecule has 0 spiro atoms. The van der Waals surface area contributed by atoms with Crippen LogP contribution in [0.5, 0.6) is 0 Å². The summed E-state index contributed by atoms with van der Waals surface area (Å²) < 4.78 is 0. The standard InChI is InChI=1S/C23H31N5/c1-17-14-22(21-11-12-24-16-25-21)26-23(27(17)3)28-13-7-10-20(15-28)18(2)19-8-5-4-6-9-19/h11-12,14,16,19-20H,1-2,4-10,13,15H2,3H3. The van der Waals surface area contributed by atoms with Gasteiger partial charge in [0.1, 0.15) is 6.33 Å². The number of aromatic nitrogens is 2. The third-order valence-corrected chi connectivity index (χ3v) is 6.46. The molecule has 2 fully saturated rings. The molecule has 1 saturated carbocycles. The van der Waals surface area contributed by atoms with E-state index < -0.39 is 0 Å². The number of rotatable bonds is 3. The number of hydrogen-bond acceptors (Lipinski definition) is 5. The summed E-state index contributed by atoms with van der Waals surface area (Å²) in [5.74, 6) is 2.26. The Labute approximate surface area is 168 Å². The maximum atomic E-state index is 4.96. The number of likely N-dealkylation sites (tertiary alicyclic amines) is 1. The van der Waals surface area contributed by atoms with Crippen molar-refractivity contribution >= 4 is 11.7 Å². The summed E-state index contributed by atoms with van der Waals surface area (Å²) in [6, 6.07) is 1.90. The van der Waals surface area contributed by atoms with Gasteiger partial charge in [-0.05, 0) is 49.7 Å². The Bertz CT molecular complexity index is 788. The summed E-state index contributed by atoms with van der Waals surface area (Å²) in [4.78, 5) is 17.9. The zero-order valence-corrected chi connectivity index (χ0v) is 17.0. The van der Waals surface area contributed by atoms with Gasteiger partial charge in [0, 0.05) is 32.0 Å². The average Bonchev–Trinajstić information content (AvgIpc) is 2.76. The molecule has 1 aromatic heterocycles. The summed E-state index contributed by atoms with van der Waals surface area (Å²) in [6.07, 6.45) is 14.5. The largest absolute Gasteiger partial charge is 0.342 e. The molecular weight excluding hydrogens is 346 g/mol. The van der Waals surface area contributed by atoms with Crippen LogP contribution in [-0.4, -0.2) is 45.9 Å². The average molecular weight is 378 g/mol. The van der Waals surface area contributed by atoms with Gasteiger partial charge in [-0.2, -0.15) is 0 Å². The molecule has 5 nitrogen and oxygen atoms in total. The van der Waals surface area contributed by atoms with Gasteiger partial charge in [-0.15, -0.1) is 0 Å². The fraction of sp³-hybridized carbons (Fsp3) is 0.522. The van der Waals surface area contributed by atoms with Crippen LogP contribution >= 0.6 is 0 Å². The second-order valence-electron chi connectivity index (χ2n) is 8.28. The van der Waals surface area contributed by atoms with Gasteiger partial charge < -0.3 is 9.80 Å². The van der Waals surface area contributed by atoms with Crippen molar-refractivity contribution in [1.82, 2.24) is 19.8 Å². The second-order valence-corrected chi connectivity index (χ2v) is 8.28. The summed E-state index contributed by atoms with van der Waals surface area (Å²) in [5, 5.41) is 0. The smallest absolute Gasteiger partial charge is 0.206 e. The fourth-order valence-corrected chi connectivity index (χ4v) is 4.72. The van der Waals surface area contributed by atoms with Crippen LogP contribution in [0.3, 0.4) is 0 Å². The number of guanidine groups is 1. The molecule has 1 unspecified atom stereocenters. The minimum Gasteiger partial charge on any atom is -0.342 e. The van der Waals surface area contributed by atoms with E-state index in [0.29, 0.717) is 5.92 Å². The van der Waals surface area contributed by atoms with Gasteiger partial charge in [-0.25, -0.2) is 15.0 Å². The molecule has 2 aliphatic heterocycles. The lowest BCUT2D eigenvalue weighted by atomic mass is 9.77. The number of likely N-dealkylation sites (N-methyl/N-ethyl adjacent to an activating group) is 1. The van der Waals surface area contributed by atoms with Crippen LogP contribution in [0.25, 0.3) is 5.70 Å². The zero-order chi connectivity index (χ0) is 19.5. The molecule has 1 aromatic rings. The van der Waals surface area contributed by atoms with Crippen molar-refractivity contribution in [2.24, 2.45) is 16.8 Å². The van der Waals surface area contributed by atoms with Gasteiger partial charge in [0.25, 0.3) is 0 Å². The Kier molecular flexibility index (Phi) is 5.60. The van der Waals surface area contributed by atoms with E-state index in [1.807, 2.05) is 19.2 Å². The van der Waals surface area contributed by atoms with Gasteiger partial charge >= 0.3 is 0 Å². The van der Waals surface area contributed by atoms with Crippen LogP contribution in [0.2, 0.25) is 0 Å². The molecule has 0 bridgehead atoms. The molecular formula is C23H31N5.